The zero-order valence-corrected chi connectivity index (χ0v) is 11.0. The quantitative estimate of drug-likeness (QED) is 0.697. The summed E-state index contributed by atoms with van der Waals surface area (Å²) in [5.41, 5.74) is 5.42. The number of likely N-dealkylation sites (N-methyl/N-ethyl adjacent to an activating group) is 1. The van der Waals surface area contributed by atoms with Gasteiger partial charge in [0.1, 0.15) is 0 Å². The minimum atomic E-state index is -0.221. The van der Waals surface area contributed by atoms with Gasteiger partial charge in [0.05, 0.1) is 6.54 Å². The molecule has 0 aliphatic heterocycles. The predicted molar refractivity (Wildman–Crippen MR) is 66.4 cm³/mol. The standard InChI is InChI=1S/C10H21N3O2.ClH/c1-4-5-13(7-9(14)12-3)10(15)8(2)6-11;/h8H,4-7,11H2,1-3H3,(H,12,14);1H. The summed E-state index contributed by atoms with van der Waals surface area (Å²) in [4.78, 5) is 24.5. The van der Waals surface area contributed by atoms with E-state index in [4.69, 9.17) is 5.73 Å². The van der Waals surface area contributed by atoms with E-state index in [1.54, 1.807) is 18.9 Å². The molecular formula is C10H22ClN3O2. The van der Waals surface area contributed by atoms with Crippen molar-refractivity contribution in [3.8, 4) is 0 Å². The lowest BCUT2D eigenvalue weighted by Gasteiger charge is -2.23. The smallest absolute Gasteiger partial charge is 0.239 e. The molecule has 96 valence electrons. The Labute approximate surface area is 103 Å². The van der Waals surface area contributed by atoms with Crippen molar-refractivity contribution in [3.63, 3.8) is 0 Å². The fourth-order valence-electron chi connectivity index (χ4n) is 1.20. The second-order valence-corrected chi connectivity index (χ2v) is 3.57. The van der Waals surface area contributed by atoms with Gasteiger partial charge in [-0.15, -0.1) is 12.4 Å². The van der Waals surface area contributed by atoms with E-state index in [1.807, 2.05) is 6.92 Å². The molecule has 0 aromatic carbocycles. The number of amides is 2. The highest BCUT2D eigenvalue weighted by Gasteiger charge is 2.20. The van der Waals surface area contributed by atoms with E-state index in [1.165, 1.54) is 0 Å². The first-order chi connectivity index (χ1) is 7.06. The molecule has 6 heteroatoms. The largest absolute Gasteiger partial charge is 0.358 e. The lowest BCUT2D eigenvalue weighted by Crippen LogP contribution is -2.43. The third-order valence-electron chi connectivity index (χ3n) is 2.19. The molecule has 0 aromatic heterocycles. The summed E-state index contributed by atoms with van der Waals surface area (Å²) in [6, 6.07) is 0. The maximum Gasteiger partial charge on any atom is 0.239 e. The number of hydrogen-bond acceptors (Lipinski definition) is 3. The number of carbonyl (C=O) groups is 2. The molecular weight excluding hydrogens is 230 g/mol. The summed E-state index contributed by atoms with van der Waals surface area (Å²) in [5, 5.41) is 2.50. The SMILES string of the molecule is CCCN(CC(=O)NC)C(=O)C(C)CN.Cl. The summed E-state index contributed by atoms with van der Waals surface area (Å²) in [6.07, 6.45) is 0.833. The predicted octanol–water partition coefficient (Wildman–Crippen LogP) is -0.0124. The van der Waals surface area contributed by atoms with Gasteiger partial charge in [-0.3, -0.25) is 9.59 Å². The van der Waals surface area contributed by atoms with Crippen molar-refractivity contribution in [2.24, 2.45) is 11.7 Å². The summed E-state index contributed by atoms with van der Waals surface area (Å²) in [6.45, 7) is 4.77. The highest BCUT2D eigenvalue weighted by Crippen LogP contribution is 2.01. The molecule has 0 spiro atoms. The molecule has 0 bridgehead atoms. The average Bonchev–Trinajstić information content (AvgIpc) is 2.26. The summed E-state index contributed by atoms with van der Waals surface area (Å²) in [7, 11) is 1.56. The first-order valence-electron chi connectivity index (χ1n) is 5.26. The highest BCUT2D eigenvalue weighted by molar-refractivity contribution is 5.86. The third kappa shape index (κ3) is 5.92. The van der Waals surface area contributed by atoms with Gasteiger partial charge in [-0.05, 0) is 6.42 Å². The van der Waals surface area contributed by atoms with Gasteiger partial charge in [-0.1, -0.05) is 13.8 Å². The van der Waals surface area contributed by atoms with Crippen LogP contribution in [0.3, 0.4) is 0 Å². The Hall–Kier alpha value is -0.810. The average molecular weight is 252 g/mol. The number of nitrogens with one attached hydrogen (secondary N) is 1. The molecule has 1 atom stereocenters. The monoisotopic (exact) mass is 251 g/mol. The minimum Gasteiger partial charge on any atom is -0.358 e. The van der Waals surface area contributed by atoms with Crippen molar-refractivity contribution in [2.75, 3.05) is 26.7 Å². The molecule has 16 heavy (non-hydrogen) atoms. The normalized spacial score (nSPS) is 11.2. The Bertz CT molecular complexity index is 224. The van der Waals surface area contributed by atoms with E-state index in [9.17, 15) is 9.59 Å². The van der Waals surface area contributed by atoms with Crippen molar-refractivity contribution in [1.29, 1.82) is 0 Å². The van der Waals surface area contributed by atoms with Crippen LogP contribution in [0.25, 0.3) is 0 Å². The van der Waals surface area contributed by atoms with Crippen LogP contribution in [0.5, 0.6) is 0 Å². The van der Waals surface area contributed by atoms with Crippen molar-refractivity contribution in [2.45, 2.75) is 20.3 Å². The number of nitrogens with two attached hydrogens (primary N) is 1. The second-order valence-electron chi connectivity index (χ2n) is 3.57. The van der Waals surface area contributed by atoms with Gasteiger partial charge >= 0.3 is 0 Å². The van der Waals surface area contributed by atoms with Gasteiger partial charge in [0.2, 0.25) is 11.8 Å². The maximum atomic E-state index is 11.8. The van der Waals surface area contributed by atoms with Crippen LogP contribution in [0, 0.1) is 5.92 Å². The zero-order chi connectivity index (χ0) is 11.8. The molecule has 0 fully saturated rings. The van der Waals surface area contributed by atoms with Gasteiger partial charge in [-0.2, -0.15) is 0 Å². The first-order valence-corrected chi connectivity index (χ1v) is 5.26. The highest BCUT2D eigenvalue weighted by atomic mass is 35.5. The molecule has 3 N–H and O–H groups in total. The van der Waals surface area contributed by atoms with Gasteiger partial charge in [0.25, 0.3) is 0 Å². The Morgan fingerprint density at radius 3 is 2.38 bits per heavy atom. The van der Waals surface area contributed by atoms with Crippen LogP contribution in [0.15, 0.2) is 0 Å². The second kappa shape index (κ2) is 9.42. The number of halogens is 1. The van der Waals surface area contributed by atoms with Crippen LogP contribution in [0.1, 0.15) is 20.3 Å². The third-order valence-corrected chi connectivity index (χ3v) is 2.19. The maximum absolute atomic E-state index is 11.8. The van der Waals surface area contributed by atoms with Crippen LogP contribution >= 0.6 is 12.4 Å². The zero-order valence-electron chi connectivity index (χ0n) is 10.2. The Morgan fingerprint density at radius 1 is 1.44 bits per heavy atom. The van der Waals surface area contributed by atoms with Crippen LogP contribution < -0.4 is 11.1 Å². The van der Waals surface area contributed by atoms with E-state index in [0.717, 1.165) is 6.42 Å². The van der Waals surface area contributed by atoms with Gasteiger partial charge in [0, 0.05) is 26.1 Å². The fraction of sp³-hybridized carbons (Fsp3) is 0.800. The van der Waals surface area contributed by atoms with E-state index in [0.29, 0.717) is 13.1 Å². The Balaban J connectivity index is 0. The van der Waals surface area contributed by atoms with Crippen molar-refractivity contribution in [3.05, 3.63) is 0 Å². The number of carbonyl (C=O) groups excluding carboxylic acids is 2. The molecule has 0 saturated carbocycles. The van der Waals surface area contributed by atoms with E-state index >= 15 is 0 Å². The molecule has 0 heterocycles. The molecule has 0 aliphatic carbocycles. The number of nitrogens with zero attached hydrogens (tertiary/aromatic N) is 1. The van der Waals surface area contributed by atoms with E-state index < -0.39 is 0 Å². The topological polar surface area (TPSA) is 75.4 Å². The molecule has 0 radical (unpaired) electrons. The van der Waals surface area contributed by atoms with Crippen LogP contribution in [-0.4, -0.2) is 43.4 Å². The van der Waals surface area contributed by atoms with Crippen LogP contribution in [0.4, 0.5) is 0 Å². The minimum absolute atomic E-state index is 0. The van der Waals surface area contributed by atoms with Gasteiger partial charge in [-0.25, -0.2) is 0 Å². The van der Waals surface area contributed by atoms with E-state index in [-0.39, 0.29) is 36.7 Å². The molecule has 0 aliphatic rings. The van der Waals surface area contributed by atoms with Crippen molar-refractivity contribution < 1.29 is 9.59 Å². The number of rotatable bonds is 6. The Morgan fingerprint density at radius 2 is 2.00 bits per heavy atom. The summed E-state index contributed by atoms with van der Waals surface area (Å²) >= 11 is 0. The summed E-state index contributed by atoms with van der Waals surface area (Å²) in [5.74, 6) is -0.426. The van der Waals surface area contributed by atoms with E-state index in [2.05, 4.69) is 5.32 Å². The van der Waals surface area contributed by atoms with Crippen molar-refractivity contribution >= 4 is 24.2 Å². The Kier molecular flexibility index (Phi) is 10.3. The fourth-order valence-corrected chi connectivity index (χ4v) is 1.20. The van der Waals surface area contributed by atoms with Gasteiger partial charge < -0.3 is 16.0 Å². The van der Waals surface area contributed by atoms with Crippen LogP contribution in [-0.2, 0) is 9.59 Å². The summed E-state index contributed by atoms with van der Waals surface area (Å²) < 4.78 is 0. The van der Waals surface area contributed by atoms with Crippen molar-refractivity contribution in [1.82, 2.24) is 10.2 Å². The van der Waals surface area contributed by atoms with Gasteiger partial charge in [0.15, 0.2) is 0 Å². The first kappa shape index (κ1) is 17.6. The molecule has 0 aromatic rings. The molecule has 2 amide bonds. The lowest BCUT2D eigenvalue weighted by atomic mass is 10.1. The van der Waals surface area contributed by atoms with Crippen LogP contribution in [0.2, 0.25) is 0 Å². The molecule has 1 unspecified atom stereocenters. The lowest BCUT2D eigenvalue weighted by molar-refractivity contribution is -0.138. The molecule has 0 rings (SSSR count). The molecule has 0 saturated heterocycles. The number of hydrogen-bond donors (Lipinski definition) is 2. The molecule has 5 nitrogen and oxygen atoms in total.